The number of carboxylic acids is 1. The van der Waals surface area contributed by atoms with E-state index >= 15 is 0 Å². The van der Waals surface area contributed by atoms with Gasteiger partial charge in [-0.15, -0.1) is 0 Å². The third-order valence-corrected chi connectivity index (χ3v) is 2.72. The molecule has 2 N–H and O–H groups in total. The number of carbonyl (C=O) groups excluding carboxylic acids is 3. The number of nitrogens with one attached hydrogen (secondary N) is 1. The van der Waals surface area contributed by atoms with E-state index in [0.717, 1.165) is 19.1 Å². The number of carbonyl (C=O) groups is 4. The molecule has 0 fully saturated rings. The molecule has 0 aliphatic carbocycles. The van der Waals surface area contributed by atoms with E-state index in [2.05, 4.69) is 14.8 Å². The van der Waals surface area contributed by atoms with E-state index in [0.29, 0.717) is 6.42 Å². The summed E-state index contributed by atoms with van der Waals surface area (Å²) in [7, 11) is 2.29. The predicted molar refractivity (Wildman–Crippen MR) is 70.4 cm³/mol. The molecule has 0 radical (unpaired) electrons. The first-order valence-electron chi connectivity index (χ1n) is 6.24. The van der Waals surface area contributed by atoms with Crippen LogP contribution in [-0.4, -0.2) is 67.8 Å². The molecule has 0 bridgehead atoms. The second kappa shape index (κ2) is 9.56. The number of carboxylic acid groups (broad SMARTS) is 1. The van der Waals surface area contributed by atoms with Crippen LogP contribution in [0.5, 0.6) is 0 Å². The fourth-order valence-corrected chi connectivity index (χ4v) is 1.37. The lowest BCUT2D eigenvalue weighted by molar-refractivity contribution is -0.145. The van der Waals surface area contributed by atoms with E-state index in [1.807, 2.05) is 0 Å². The molecule has 0 aromatic heterocycles. The van der Waals surface area contributed by atoms with Gasteiger partial charge in [-0.05, 0) is 6.42 Å². The predicted octanol–water partition coefficient (Wildman–Crippen LogP) is -0.545. The molecule has 0 rings (SSSR count). The van der Waals surface area contributed by atoms with Crippen molar-refractivity contribution in [1.29, 1.82) is 0 Å². The molecule has 0 aromatic carbocycles. The second-order valence-electron chi connectivity index (χ2n) is 4.14. The molecule has 0 spiro atoms. The maximum Gasteiger partial charge on any atom is 0.325 e. The first-order valence-corrected chi connectivity index (χ1v) is 6.24. The first-order chi connectivity index (χ1) is 9.85. The number of esters is 2. The molecule has 0 aliphatic rings. The Kier molecular flexibility index (Phi) is 8.51. The molecular formula is C12H20N2O7. The molecular weight excluding hydrogens is 284 g/mol. The van der Waals surface area contributed by atoms with Crippen LogP contribution < -0.4 is 5.32 Å². The van der Waals surface area contributed by atoms with Crippen LogP contribution in [0.2, 0.25) is 0 Å². The number of rotatable bonds is 8. The number of nitrogens with zero attached hydrogens (tertiary/aromatic N) is 1. The zero-order valence-corrected chi connectivity index (χ0v) is 12.2. The molecule has 1 atom stereocenters. The SMILES string of the molecule is CCC(CNC(=O)N(CC(=O)OC)CC(=O)OC)C(=O)O. The highest BCUT2D eigenvalue weighted by Crippen LogP contribution is 2.01. The largest absolute Gasteiger partial charge is 0.481 e. The lowest BCUT2D eigenvalue weighted by atomic mass is 10.1. The Morgan fingerprint density at radius 3 is 1.90 bits per heavy atom. The highest BCUT2D eigenvalue weighted by Gasteiger charge is 2.23. The second-order valence-corrected chi connectivity index (χ2v) is 4.14. The van der Waals surface area contributed by atoms with Gasteiger partial charge in [0.05, 0.1) is 20.1 Å². The van der Waals surface area contributed by atoms with Crippen LogP contribution in [0.25, 0.3) is 0 Å². The standard InChI is InChI=1S/C12H20N2O7/c1-4-8(11(17)18)5-13-12(19)14(6-9(15)20-2)7-10(16)21-3/h8H,4-7H2,1-3H3,(H,13,19)(H,17,18). The van der Waals surface area contributed by atoms with Crippen molar-refractivity contribution in [2.45, 2.75) is 13.3 Å². The van der Waals surface area contributed by atoms with Gasteiger partial charge in [0, 0.05) is 6.54 Å². The van der Waals surface area contributed by atoms with Crippen molar-refractivity contribution in [3.05, 3.63) is 0 Å². The van der Waals surface area contributed by atoms with Gasteiger partial charge in [-0.2, -0.15) is 0 Å². The fourth-order valence-electron chi connectivity index (χ4n) is 1.37. The number of hydrogen-bond donors (Lipinski definition) is 2. The first kappa shape index (κ1) is 18.7. The van der Waals surface area contributed by atoms with E-state index in [4.69, 9.17) is 5.11 Å². The van der Waals surface area contributed by atoms with E-state index in [9.17, 15) is 19.2 Å². The van der Waals surface area contributed by atoms with Crippen LogP contribution in [-0.2, 0) is 23.9 Å². The molecule has 0 saturated heterocycles. The van der Waals surface area contributed by atoms with Gasteiger partial charge < -0.3 is 24.8 Å². The molecule has 21 heavy (non-hydrogen) atoms. The summed E-state index contributed by atoms with van der Waals surface area (Å²) in [6, 6.07) is -0.745. The van der Waals surface area contributed by atoms with E-state index in [1.165, 1.54) is 0 Å². The number of aliphatic carboxylic acids is 1. The Balaban J connectivity index is 4.66. The summed E-state index contributed by atoms with van der Waals surface area (Å²) in [5.41, 5.74) is 0. The summed E-state index contributed by atoms with van der Waals surface area (Å²) in [5.74, 6) is -3.20. The summed E-state index contributed by atoms with van der Waals surface area (Å²) >= 11 is 0. The Morgan fingerprint density at radius 2 is 1.57 bits per heavy atom. The van der Waals surface area contributed by atoms with E-state index in [1.54, 1.807) is 6.92 Å². The highest BCUT2D eigenvalue weighted by molar-refractivity contribution is 5.85. The van der Waals surface area contributed by atoms with Crippen molar-refractivity contribution >= 4 is 23.9 Å². The van der Waals surface area contributed by atoms with Gasteiger partial charge in [-0.3, -0.25) is 14.4 Å². The Labute approximate surface area is 122 Å². The van der Waals surface area contributed by atoms with Crippen molar-refractivity contribution < 1.29 is 33.8 Å². The Hall–Kier alpha value is -2.32. The quantitative estimate of drug-likeness (QED) is 0.577. The van der Waals surface area contributed by atoms with Gasteiger partial charge in [0.25, 0.3) is 0 Å². The average molecular weight is 304 g/mol. The summed E-state index contributed by atoms with van der Waals surface area (Å²) in [6.07, 6.45) is 0.337. The molecule has 0 aromatic rings. The van der Waals surface area contributed by atoms with Crippen LogP contribution in [0.1, 0.15) is 13.3 Å². The van der Waals surface area contributed by atoms with Crippen LogP contribution in [0, 0.1) is 5.92 Å². The van der Waals surface area contributed by atoms with Crippen LogP contribution in [0.3, 0.4) is 0 Å². The normalized spacial score (nSPS) is 11.2. The molecule has 1 unspecified atom stereocenters. The Bertz CT molecular complexity index is 379. The molecule has 2 amide bonds. The van der Waals surface area contributed by atoms with Crippen LogP contribution in [0.4, 0.5) is 4.79 Å². The summed E-state index contributed by atoms with van der Waals surface area (Å²) < 4.78 is 8.85. The van der Waals surface area contributed by atoms with Gasteiger partial charge in [0.15, 0.2) is 0 Å². The molecule has 9 heteroatoms. The minimum Gasteiger partial charge on any atom is -0.481 e. The number of urea groups is 1. The molecule has 0 aliphatic heterocycles. The number of amides is 2. The molecule has 120 valence electrons. The minimum absolute atomic E-state index is 0.108. The zero-order valence-electron chi connectivity index (χ0n) is 12.2. The van der Waals surface area contributed by atoms with E-state index < -0.39 is 42.9 Å². The smallest absolute Gasteiger partial charge is 0.325 e. The zero-order chi connectivity index (χ0) is 16.4. The van der Waals surface area contributed by atoms with Gasteiger partial charge in [0.2, 0.25) is 0 Å². The van der Waals surface area contributed by atoms with E-state index in [-0.39, 0.29) is 6.54 Å². The van der Waals surface area contributed by atoms with Crippen LogP contribution >= 0.6 is 0 Å². The van der Waals surface area contributed by atoms with Crippen molar-refractivity contribution in [1.82, 2.24) is 10.2 Å². The summed E-state index contributed by atoms with van der Waals surface area (Å²) in [6.45, 7) is 0.678. The topological polar surface area (TPSA) is 122 Å². The maximum absolute atomic E-state index is 11.9. The fraction of sp³-hybridized carbons (Fsp3) is 0.667. The van der Waals surface area contributed by atoms with Crippen molar-refractivity contribution in [3.63, 3.8) is 0 Å². The van der Waals surface area contributed by atoms with Gasteiger partial charge in [-0.25, -0.2) is 4.79 Å². The lowest BCUT2D eigenvalue weighted by Crippen LogP contribution is -2.47. The van der Waals surface area contributed by atoms with Gasteiger partial charge in [-0.1, -0.05) is 6.92 Å². The van der Waals surface area contributed by atoms with Gasteiger partial charge in [0.1, 0.15) is 13.1 Å². The third kappa shape index (κ3) is 7.14. The number of methoxy groups -OCH3 is 2. The molecule has 0 saturated carbocycles. The maximum atomic E-state index is 11.9. The Morgan fingerprint density at radius 1 is 1.10 bits per heavy atom. The van der Waals surface area contributed by atoms with Crippen molar-refractivity contribution in [3.8, 4) is 0 Å². The molecule has 9 nitrogen and oxygen atoms in total. The molecule has 0 heterocycles. The van der Waals surface area contributed by atoms with Crippen molar-refractivity contribution in [2.75, 3.05) is 33.9 Å². The number of ether oxygens (including phenoxy) is 2. The average Bonchev–Trinajstić information content (AvgIpc) is 2.45. The monoisotopic (exact) mass is 304 g/mol. The lowest BCUT2D eigenvalue weighted by Gasteiger charge is -2.21. The third-order valence-electron chi connectivity index (χ3n) is 2.72. The van der Waals surface area contributed by atoms with Crippen LogP contribution in [0.15, 0.2) is 0 Å². The van der Waals surface area contributed by atoms with Crippen molar-refractivity contribution in [2.24, 2.45) is 5.92 Å². The number of hydrogen-bond acceptors (Lipinski definition) is 6. The summed E-state index contributed by atoms with van der Waals surface area (Å²) in [4.78, 5) is 46.0. The minimum atomic E-state index is -1.04. The summed E-state index contributed by atoms with van der Waals surface area (Å²) in [5, 5.41) is 11.2. The highest BCUT2D eigenvalue weighted by atomic mass is 16.5. The van der Waals surface area contributed by atoms with Gasteiger partial charge >= 0.3 is 23.9 Å².